The number of carboxylic acid groups (broad SMARTS) is 1. The van der Waals surface area contributed by atoms with Gasteiger partial charge in [-0.2, -0.15) is 0 Å². The summed E-state index contributed by atoms with van der Waals surface area (Å²) in [4.78, 5) is 10.6. The highest BCUT2D eigenvalue weighted by atomic mass is 16.5. The van der Waals surface area contributed by atoms with E-state index < -0.39 is 5.97 Å². The minimum absolute atomic E-state index is 0.308. The molecule has 0 spiro atoms. The van der Waals surface area contributed by atoms with Gasteiger partial charge in [0.2, 0.25) is 0 Å². The minimum Gasteiger partial charge on any atom is -0.478 e. The molecule has 4 nitrogen and oxygen atoms in total. The predicted molar refractivity (Wildman–Crippen MR) is 81.2 cm³/mol. The fourth-order valence-electron chi connectivity index (χ4n) is 3.60. The number of carbonyl (C=O) groups is 1. The summed E-state index contributed by atoms with van der Waals surface area (Å²) < 4.78 is 11.8. The zero-order valence-electron chi connectivity index (χ0n) is 13.0. The van der Waals surface area contributed by atoms with Crippen LogP contribution >= 0.6 is 0 Å². The highest BCUT2D eigenvalue weighted by molar-refractivity contribution is 5.79. The maximum Gasteiger partial charge on any atom is 0.327 e. The normalized spacial score (nSPS) is 31.3. The number of rotatable bonds is 10. The molecule has 1 N–H and O–H groups in total. The molecular formula is C17H28O4. The fraction of sp³-hybridized carbons (Fsp3) is 0.824. The molecule has 0 aromatic carbocycles. The maximum absolute atomic E-state index is 10.6. The number of allylic oxidation sites excluding steroid dienone is 1. The summed E-state index contributed by atoms with van der Waals surface area (Å²) in [5.41, 5.74) is 0. The SMILES string of the molecule is CCCCCCOC[C@H]1[C@@H](C/C=C\C(=O)O)[C@H]2CC[C@@H]1O2. The predicted octanol–water partition coefficient (Wildman–Crippen LogP) is 3.41. The Kier molecular flexibility index (Phi) is 6.71. The fourth-order valence-corrected chi connectivity index (χ4v) is 3.60. The van der Waals surface area contributed by atoms with E-state index in [0.717, 1.165) is 38.9 Å². The van der Waals surface area contributed by atoms with Crippen LogP contribution in [0.4, 0.5) is 0 Å². The van der Waals surface area contributed by atoms with Crippen molar-refractivity contribution in [3.8, 4) is 0 Å². The third kappa shape index (κ3) is 4.82. The van der Waals surface area contributed by atoms with Crippen LogP contribution in [-0.4, -0.2) is 36.5 Å². The maximum atomic E-state index is 10.6. The number of carboxylic acids is 1. The molecular weight excluding hydrogens is 268 g/mol. The standard InChI is InChI=1S/C17H28O4/c1-2-3-4-5-11-20-12-14-13(7-6-8-17(18)19)15-9-10-16(14)21-15/h6,8,13-16H,2-5,7,9-12H2,1H3,(H,18,19)/b8-6-/t13-,14+,15-,16+/m1/s1. The highest BCUT2D eigenvalue weighted by Gasteiger charge is 2.48. The van der Waals surface area contributed by atoms with Crippen molar-refractivity contribution >= 4 is 5.97 Å². The van der Waals surface area contributed by atoms with Crippen LogP contribution in [0.25, 0.3) is 0 Å². The average molecular weight is 296 g/mol. The molecule has 0 radical (unpaired) electrons. The molecule has 2 fully saturated rings. The van der Waals surface area contributed by atoms with E-state index in [1.165, 1.54) is 25.3 Å². The Morgan fingerprint density at radius 3 is 2.71 bits per heavy atom. The van der Waals surface area contributed by atoms with Gasteiger partial charge in [-0.15, -0.1) is 0 Å². The summed E-state index contributed by atoms with van der Waals surface area (Å²) in [6.45, 7) is 3.81. The second-order valence-corrected chi connectivity index (χ2v) is 6.23. The molecule has 2 rings (SSSR count). The van der Waals surface area contributed by atoms with Crippen molar-refractivity contribution in [1.29, 1.82) is 0 Å². The number of fused-ring (bicyclic) bond motifs is 2. The number of hydrogen-bond donors (Lipinski definition) is 1. The zero-order valence-corrected chi connectivity index (χ0v) is 13.0. The van der Waals surface area contributed by atoms with Gasteiger partial charge in [0, 0.05) is 18.6 Å². The Hall–Kier alpha value is -0.870. The second kappa shape index (κ2) is 8.54. The van der Waals surface area contributed by atoms with Gasteiger partial charge >= 0.3 is 5.97 Å². The molecule has 21 heavy (non-hydrogen) atoms. The van der Waals surface area contributed by atoms with Gasteiger partial charge in [0.1, 0.15) is 0 Å². The number of ether oxygens (including phenoxy) is 2. The van der Waals surface area contributed by atoms with Gasteiger partial charge in [0.15, 0.2) is 0 Å². The number of unbranched alkanes of at least 4 members (excludes halogenated alkanes) is 3. The second-order valence-electron chi connectivity index (χ2n) is 6.23. The minimum atomic E-state index is -0.872. The number of hydrogen-bond acceptors (Lipinski definition) is 3. The molecule has 2 saturated heterocycles. The van der Waals surface area contributed by atoms with Gasteiger partial charge in [-0.25, -0.2) is 4.79 Å². The average Bonchev–Trinajstić information content (AvgIpc) is 3.04. The molecule has 2 heterocycles. The van der Waals surface area contributed by atoms with Crippen LogP contribution in [0.1, 0.15) is 51.9 Å². The van der Waals surface area contributed by atoms with Gasteiger partial charge < -0.3 is 14.6 Å². The molecule has 0 amide bonds. The van der Waals surface area contributed by atoms with E-state index in [0.29, 0.717) is 24.0 Å². The van der Waals surface area contributed by atoms with Crippen molar-refractivity contribution in [3.05, 3.63) is 12.2 Å². The summed E-state index contributed by atoms with van der Waals surface area (Å²) in [7, 11) is 0. The molecule has 2 aliphatic heterocycles. The molecule has 0 unspecified atom stereocenters. The van der Waals surface area contributed by atoms with Crippen LogP contribution in [-0.2, 0) is 14.3 Å². The van der Waals surface area contributed by atoms with E-state index in [4.69, 9.17) is 14.6 Å². The van der Waals surface area contributed by atoms with Gasteiger partial charge in [-0.3, -0.25) is 0 Å². The summed E-state index contributed by atoms with van der Waals surface area (Å²) in [5, 5.41) is 8.69. The largest absolute Gasteiger partial charge is 0.478 e. The first-order chi connectivity index (χ1) is 10.2. The van der Waals surface area contributed by atoms with E-state index in [9.17, 15) is 4.79 Å². The molecule has 2 aliphatic rings. The van der Waals surface area contributed by atoms with E-state index in [1.54, 1.807) is 6.08 Å². The molecule has 120 valence electrons. The van der Waals surface area contributed by atoms with Crippen molar-refractivity contribution in [2.75, 3.05) is 13.2 Å². The first-order valence-electron chi connectivity index (χ1n) is 8.35. The van der Waals surface area contributed by atoms with Gasteiger partial charge in [-0.05, 0) is 31.6 Å². The molecule has 0 aromatic heterocycles. The molecule has 0 saturated carbocycles. The Morgan fingerprint density at radius 1 is 1.24 bits per heavy atom. The third-order valence-corrected chi connectivity index (χ3v) is 4.71. The van der Waals surface area contributed by atoms with Gasteiger partial charge in [0.25, 0.3) is 0 Å². The van der Waals surface area contributed by atoms with Crippen LogP contribution in [0.15, 0.2) is 12.2 Å². The lowest BCUT2D eigenvalue weighted by Gasteiger charge is -2.27. The van der Waals surface area contributed by atoms with E-state index in [-0.39, 0.29) is 0 Å². The van der Waals surface area contributed by atoms with Crippen LogP contribution in [0.2, 0.25) is 0 Å². The molecule has 4 heteroatoms. The van der Waals surface area contributed by atoms with Crippen molar-refractivity contribution in [1.82, 2.24) is 0 Å². The van der Waals surface area contributed by atoms with Crippen molar-refractivity contribution in [2.24, 2.45) is 11.8 Å². The Bertz CT molecular complexity index is 353. The van der Waals surface area contributed by atoms with Crippen molar-refractivity contribution in [2.45, 2.75) is 64.1 Å². The summed E-state index contributed by atoms with van der Waals surface area (Å²) >= 11 is 0. The zero-order chi connectivity index (χ0) is 15.1. The molecule has 2 bridgehead atoms. The van der Waals surface area contributed by atoms with Gasteiger partial charge in [0.05, 0.1) is 18.8 Å². The van der Waals surface area contributed by atoms with Crippen LogP contribution < -0.4 is 0 Å². The van der Waals surface area contributed by atoms with Crippen molar-refractivity contribution < 1.29 is 19.4 Å². The Balaban J connectivity index is 1.72. The Morgan fingerprint density at radius 2 is 2.00 bits per heavy atom. The van der Waals surface area contributed by atoms with Crippen LogP contribution in [0, 0.1) is 11.8 Å². The van der Waals surface area contributed by atoms with E-state index >= 15 is 0 Å². The van der Waals surface area contributed by atoms with Crippen LogP contribution in [0.3, 0.4) is 0 Å². The first-order valence-corrected chi connectivity index (χ1v) is 8.35. The van der Waals surface area contributed by atoms with Crippen LogP contribution in [0.5, 0.6) is 0 Å². The third-order valence-electron chi connectivity index (χ3n) is 4.71. The number of aliphatic carboxylic acids is 1. The lowest BCUT2D eigenvalue weighted by atomic mass is 9.78. The quantitative estimate of drug-likeness (QED) is 0.496. The molecule has 0 aromatic rings. The topological polar surface area (TPSA) is 55.8 Å². The van der Waals surface area contributed by atoms with E-state index in [2.05, 4.69) is 6.92 Å². The smallest absolute Gasteiger partial charge is 0.327 e. The summed E-state index contributed by atoms with van der Waals surface area (Å²) in [5.74, 6) is -0.00818. The first kappa shape index (κ1) is 16.5. The lowest BCUT2D eigenvalue weighted by Crippen LogP contribution is -2.30. The monoisotopic (exact) mass is 296 g/mol. The van der Waals surface area contributed by atoms with Crippen molar-refractivity contribution in [3.63, 3.8) is 0 Å². The highest BCUT2D eigenvalue weighted by Crippen LogP contribution is 2.45. The molecule has 4 atom stereocenters. The molecule has 0 aliphatic carbocycles. The Labute approximate surface area is 127 Å². The summed E-state index contributed by atoms with van der Waals surface area (Å²) in [6.07, 6.45) is 11.6. The summed E-state index contributed by atoms with van der Waals surface area (Å²) in [6, 6.07) is 0. The lowest BCUT2D eigenvalue weighted by molar-refractivity contribution is -0.131. The van der Waals surface area contributed by atoms with E-state index in [1.807, 2.05) is 0 Å². The van der Waals surface area contributed by atoms with Gasteiger partial charge in [-0.1, -0.05) is 32.3 Å².